The number of aryl methyl sites for hydroxylation is 3. The molecule has 26 heavy (non-hydrogen) atoms. The first-order valence-corrected chi connectivity index (χ1v) is 10.1. The van der Waals surface area contributed by atoms with E-state index in [-0.39, 0.29) is 18.9 Å². The topological polar surface area (TPSA) is 80.9 Å². The van der Waals surface area contributed by atoms with E-state index < -0.39 is 0 Å². The number of thiazole rings is 1. The van der Waals surface area contributed by atoms with Gasteiger partial charge in [-0.3, -0.25) is 4.79 Å². The summed E-state index contributed by atoms with van der Waals surface area (Å²) in [6, 6.07) is 6.48. The van der Waals surface area contributed by atoms with Crippen molar-refractivity contribution in [3.05, 3.63) is 57.7 Å². The zero-order chi connectivity index (χ0) is 18.5. The average Bonchev–Trinajstić information content (AvgIpc) is 3.22. The predicted molar refractivity (Wildman–Crippen MR) is 102 cm³/mol. The Labute approximate surface area is 160 Å². The van der Waals surface area contributed by atoms with Gasteiger partial charge < -0.3 is 9.84 Å². The van der Waals surface area contributed by atoms with Crippen LogP contribution in [0.4, 0.5) is 0 Å². The number of amides is 1. The molecule has 2 heterocycles. The van der Waals surface area contributed by atoms with E-state index >= 15 is 0 Å². The van der Waals surface area contributed by atoms with Gasteiger partial charge in [0.15, 0.2) is 5.82 Å². The third-order valence-corrected chi connectivity index (χ3v) is 5.85. The normalized spacial score (nSPS) is 10.9. The summed E-state index contributed by atoms with van der Waals surface area (Å²) >= 11 is 3.27. The molecule has 3 rings (SSSR count). The highest BCUT2D eigenvalue weighted by atomic mass is 32.2. The van der Waals surface area contributed by atoms with Gasteiger partial charge in [0, 0.05) is 11.1 Å². The molecule has 0 atom stereocenters. The number of nitrogens with one attached hydrogen (secondary N) is 1. The minimum absolute atomic E-state index is 0.114. The van der Waals surface area contributed by atoms with E-state index in [1.165, 1.54) is 16.7 Å². The molecule has 0 radical (unpaired) electrons. The SMILES string of the molecule is Cc1ccc(C)c(CSc2nc(CC(=O)NCc3nc(C)no3)cs2)c1. The van der Waals surface area contributed by atoms with Crippen LogP contribution in [0, 0.1) is 20.8 Å². The van der Waals surface area contributed by atoms with Crippen molar-refractivity contribution in [3.8, 4) is 0 Å². The molecule has 0 aliphatic heterocycles. The van der Waals surface area contributed by atoms with Crippen molar-refractivity contribution in [2.24, 2.45) is 0 Å². The van der Waals surface area contributed by atoms with Gasteiger partial charge in [-0.25, -0.2) is 4.98 Å². The van der Waals surface area contributed by atoms with Crippen LogP contribution < -0.4 is 5.32 Å². The maximum Gasteiger partial charge on any atom is 0.246 e. The minimum Gasteiger partial charge on any atom is -0.347 e. The van der Waals surface area contributed by atoms with Crippen molar-refractivity contribution in [1.82, 2.24) is 20.4 Å². The van der Waals surface area contributed by atoms with E-state index in [1.807, 2.05) is 5.38 Å². The molecule has 0 unspecified atom stereocenters. The molecule has 1 amide bonds. The van der Waals surface area contributed by atoms with E-state index in [1.54, 1.807) is 30.0 Å². The van der Waals surface area contributed by atoms with Crippen LogP contribution >= 0.6 is 23.1 Å². The molecule has 0 fully saturated rings. The molecule has 0 bridgehead atoms. The molecule has 1 aromatic carbocycles. The summed E-state index contributed by atoms with van der Waals surface area (Å²) < 4.78 is 5.94. The van der Waals surface area contributed by atoms with Crippen LogP contribution in [0.2, 0.25) is 0 Å². The zero-order valence-electron chi connectivity index (χ0n) is 14.9. The maximum atomic E-state index is 12.0. The van der Waals surface area contributed by atoms with Crippen LogP contribution in [0.1, 0.15) is 34.1 Å². The Balaban J connectivity index is 1.49. The highest BCUT2D eigenvalue weighted by Crippen LogP contribution is 2.27. The van der Waals surface area contributed by atoms with Crippen LogP contribution in [0.3, 0.4) is 0 Å². The number of carbonyl (C=O) groups is 1. The lowest BCUT2D eigenvalue weighted by Gasteiger charge is -2.05. The van der Waals surface area contributed by atoms with Gasteiger partial charge in [0.05, 0.1) is 18.7 Å². The van der Waals surface area contributed by atoms with E-state index in [9.17, 15) is 4.79 Å². The number of benzene rings is 1. The summed E-state index contributed by atoms with van der Waals surface area (Å²) in [6.07, 6.45) is 0.244. The monoisotopic (exact) mass is 388 g/mol. The Morgan fingerprint density at radius 2 is 2.12 bits per heavy atom. The summed E-state index contributed by atoms with van der Waals surface area (Å²) in [5.74, 6) is 1.72. The second-order valence-corrected chi connectivity index (χ2v) is 8.09. The van der Waals surface area contributed by atoms with E-state index in [0.717, 1.165) is 15.8 Å². The lowest BCUT2D eigenvalue weighted by Crippen LogP contribution is -2.24. The smallest absolute Gasteiger partial charge is 0.246 e. The van der Waals surface area contributed by atoms with Crippen LogP contribution in [-0.2, 0) is 23.5 Å². The first-order valence-electron chi connectivity index (χ1n) is 8.19. The third kappa shape index (κ3) is 5.15. The van der Waals surface area contributed by atoms with Gasteiger partial charge >= 0.3 is 0 Å². The molecule has 136 valence electrons. The number of hydrogen-bond acceptors (Lipinski definition) is 7. The Hall–Kier alpha value is -2.19. The second-order valence-electron chi connectivity index (χ2n) is 6.01. The quantitative estimate of drug-likeness (QED) is 0.623. The average molecular weight is 389 g/mol. The highest BCUT2D eigenvalue weighted by molar-refractivity contribution is 8.00. The van der Waals surface area contributed by atoms with Crippen LogP contribution in [-0.4, -0.2) is 21.0 Å². The third-order valence-electron chi connectivity index (χ3n) is 3.73. The first kappa shape index (κ1) is 18.6. The van der Waals surface area contributed by atoms with E-state index in [4.69, 9.17) is 4.52 Å². The Bertz CT molecular complexity index is 904. The Kier molecular flexibility index (Phi) is 6.05. The van der Waals surface area contributed by atoms with E-state index in [0.29, 0.717) is 11.7 Å². The number of hydrogen-bond donors (Lipinski definition) is 1. The largest absolute Gasteiger partial charge is 0.347 e. The fourth-order valence-corrected chi connectivity index (χ4v) is 4.25. The summed E-state index contributed by atoms with van der Waals surface area (Å²) in [6.45, 7) is 6.20. The molecule has 0 saturated heterocycles. The number of carbonyl (C=O) groups excluding carboxylic acids is 1. The predicted octanol–water partition coefficient (Wildman–Crippen LogP) is 3.60. The van der Waals surface area contributed by atoms with Gasteiger partial charge in [0.1, 0.15) is 4.34 Å². The molecule has 0 aliphatic rings. The standard InChI is InChI=1S/C18H20N4O2S2/c1-11-4-5-12(2)14(6-11)9-25-18-21-15(10-26-18)7-16(23)19-8-17-20-13(3)22-24-17/h4-6,10H,7-9H2,1-3H3,(H,19,23). The molecule has 8 heteroatoms. The number of thioether (sulfide) groups is 1. The van der Waals surface area contributed by atoms with Gasteiger partial charge in [-0.15, -0.1) is 11.3 Å². The van der Waals surface area contributed by atoms with Gasteiger partial charge in [0.25, 0.3) is 0 Å². The highest BCUT2D eigenvalue weighted by Gasteiger charge is 2.10. The van der Waals surface area contributed by atoms with Gasteiger partial charge in [0.2, 0.25) is 11.8 Å². The Morgan fingerprint density at radius 1 is 1.27 bits per heavy atom. The van der Waals surface area contributed by atoms with Crippen LogP contribution in [0.15, 0.2) is 32.4 Å². The molecule has 0 spiro atoms. The zero-order valence-corrected chi connectivity index (χ0v) is 16.5. The van der Waals surface area contributed by atoms with Crippen molar-refractivity contribution in [3.63, 3.8) is 0 Å². The molecule has 3 aromatic rings. The summed E-state index contributed by atoms with van der Waals surface area (Å²) in [4.78, 5) is 20.6. The van der Waals surface area contributed by atoms with Gasteiger partial charge in [-0.05, 0) is 31.9 Å². The van der Waals surface area contributed by atoms with Crippen molar-refractivity contribution in [1.29, 1.82) is 0 Å². The maximum absolute atomic E-state index is 12.0. The fourth-order valence-electron chi connectivity index (χ4n) is 2.34. The molecule has 2 aromatic heterocycles. The van der Waals surface area contributed by atoms with Crippen molar-refractivity contribution >= 4 is 29.0 Å². The van der Waals surface area contributed by atoms with Gasteiger partial charge in [-0.2, -0.15) is 4.98 Å². The Morgan fingerprint density at radius 3 is 2.88 bits per heavy atom. The van der Waals surface area contributed by atoms with Crippen LogP contribution in [0.25, 0.3) is 0 Å². The minimum atomic E-state index is -0.114. The summed E-state index contributed by atoms with van der Waals surface area (Å²) in [7, 11) is 0. The molecule has 1 N–H and O–H groups in total. The molecule has 6 nitrogen and oxygen atoms in total. The molecular formula is C18H20N4O2S2. The van der Waals surface area contributed by atoms with Crippen molar-refractivity contribution in [2.45, 2.75) is 43.8 Å². The number of nitrogens with zero attached hydrogens (tertiary/aromatic N) is 3. The van der Waals surface area contributed by atoms with Crippen molar-refractivity contribution < 1.29 is 9.32 Å². The van der Waals surface area contributed by atoms with Crippen LogP contribution in [0.5, 0.6) is 0 Å². The molecule has 0 aliphatic carbocycles. The molecule has 0 saturated carbocycles. The van der Waals surface area contributed by atoms with Crippen molar-refractivity contribution in [2.75, 3.05) is 0 Å². The fraction of sp³-hybridized carbons (Fsp3) is 0.333. The first-order chi connectivity index (χ1) is 12.5. The second kappa shape index (κ2) is 8.46. The molecular weight excluding hydrogens is 368 g/mol. The number of aromatic nitrogens is 3. The number of rotatable bonds is 7. The summed E-state index contributed by atoms with van der Waals surface area (Å²) in [5.41, 5.74) is 4.65. The van der Waals surface area contributed by atoms with Gasteiger partial charge in [-0.1, -0.05) is 40.7 Å². The lowest BCUT2D eigenvalue weighted by molar-refractivity contribution is -0.120. The lowest BCUT2D eigenvalue weighted by atomic mass is 10.1. The van der Waals surface area contributed by atoms with E-state index in [2.05, 4.69) is 52.5 Å². The summed E-state index contributed by atoms with van der Waals surface area (Å²) in [5, 5.41) is 8.38.